The molecule has 1 saturated heterocycles. The van der Waals surface area contributed by atoms with Crippen molar-refractivity contribution in [1.82, 2.24) is 10.2 Å². The second-order valence-electron chi connectivity index (χ2n) is 6.81. The first kappa shape index (κ1) is 19.2. The smallest absolute Gasteiger partial charge is 0.318 e. The number of hydrogen-bond donors (Lipinski definition) is 2. The summed E-state index contributed by atoms with van der Waals surface area (Å²) < 4.78 is 5.76. The van der Waals surface area contributed by atoms with E-state index in [1.54, 1.807) is 4.90 Å². The second-order valence-corrected chi connectivity index (χ2v) is 6.81. The number of carboxylic acids is 1. The molecule has 0 aliphatic carbocycles. The molecule has 4 atom stereocenters. The number of aliphatic carboxylic acids is 1. The SMILES string of the molecule is CC1CN(C(=O)NC(CCC(=O)O)Cc2ccccc2)C(C)C(C)O1. The van der Waals surface area contributed by atoms with Crippen LogP contribution in [0, 0.1) is 0 Å². The molecule has 138 valence electrons. The molecular weight excluding hydrogens is 320 g/mol. The van der Waals surface area contributed by atoms with Crippen molar-refractivity contribution < 1.29 is 19.4 Å². The summed E-state index contributed by atoms with van der Waals surface area (Å²) in [5, 5.41) is 12.0. The van der Waals surface area contributed by atoms with Crippen LogP contribution in [0.25, 0.3) is 0 Å². The number of carbonyl (C=O) groups is 2. The predicted octanol–water partition coefficient (Wildman–Crippen LogP) is 2.67. The minimum atomic E-state index is -0.853. The molecule has 6 heteroatoms. The Hall–Kier alpha value is -2.08. The monoisotopic (exact) mass is 348 g/mol. The summed E-state index contributed by atoms with van der Waals surface area (Å²) in [5.41, 5.74) is 1.08. The van der Waals surface area contributed by atoms with Gasteiger partial charge in [-0.3, -0.25) is 4.79 Å². The molecule has 4 unspecified atom stereocenters. The Morgan fingerprint density at radius 1 is 1.28 bits per heavy atom. The van der Waals surface area contributed by atoms with Crippen LogP contribution in [0.15, 0.2) is 30.3 Å². The number of nitrogens with one attached hydrogen (secondary N) is 1. The van der Waals surface area contributed by atoms with Gasteiger partial charge in [0.15, 0.2) is 0 Å². The van der Waals surface area contributed by atoms with E-state index in [9.17, 15) is 9.59 Å². The third-order valence-corrected chi connectivity index (χ3v) is 4.69. The zero-order valence-electron chi connectivity index (χ0n) is 15.1. The molecule has 0 bridgehead atoms. The molecule has 1 aromatic carbocycles. The maximum atomic E-state index is 12.8. The number of rotatable bonds is 6. The number of amides is 2. The molecule has 1 heterocycles. The Kier molecular flexibility index (Phi) is 6.82. The van der Waals surface area contributed by atoms with Crippen molar-refractivity contribution in [1.29, 1.82) is 0 Å². The standard InChI is InChI=1S/C19H28N2O4/c1-13-12-21(14(2)15(3)25-13)19(24)20-17(9-10-18(22)23)11-16-7-5-4-6-8-16/h4-8,13-15,17H,9-12H2,1-3H3,(H,20,24)(H,22,23). The molecule has 2 rings (SSSR count). The molecule has 1 aliphatic rings. The third kappa shape index (κ3) is 5.74. The number of urea groups is 1. The molecule has 1 fully saturated rings. The van der Waals surface area contributed by atoms with E-state index in [-0.39, 0.29) is 36.7 Å². The molecule has 0 aromatic heterocycles. The lowest BCUT2D eigenvalue weighted by Gasteiger charge is -2.41. The van der Waals surface area contributed by atoms with Crippen molar-refractivity contribution in [3.63, 3.8) is 0 Å². The van der Waals surface area contributed by atoms with Crippen LogP contribution in [-0.2, 0) is 16.0 Å². The van der Waals surface area contributed by atoms with Crippen LogP contribution >= 0.6 is 0 Å². The van der Waals surface area contributed by atoms with Crippen molar-refractivity contribution in [2.24, 2.45) is 0 Å². The van der Waals surface area contributed by atoms with Gasteiger partial charge in [0.05, 0.1) is 18.2 Å². The Labute approximate surface area is 149 Å². The maximum Gasteiger partial charge on any atom is 0.318 e. The first-order valence-electron chi connectivity index (χ1n) is 8.85. The van der Waals surface area contributed by atoms with Crippen molar-refractivity contribution in [2.75, 3.05) is 6.54 Å². The van der Waals surface area contributed by atoms with Crippen molar-refractivity contribution >= 4 is 12.0 Å². The van der Waals surface area contributed by atoms with Crippen LogP contribution in [0.1, 0.15) is 39.2 Å². The first-order chi connectivity index (χ1) is 11.9. The number of ether oxygens (including phenoxy) is 1. The molecular formula is C19H28N2O4. The van der Waals surface area contributed by atoms with Gasteiger partial charge in [0, 0.05) is 19.0 Å². The lowest BCUT2D eigenvalue weighted by molar-refractivity contribution is -0.137. The van der Waals surface area contributed by atoms with E-state index in [4.69, 9.17) is 9.84 Å². The van der Waals surface area contributed by atoms with Crippen LogP contribution in [0.5, 0.6) is 0 Å². The van der Waals surface area contributed by atoms with Gasteiger partial charge < -0.3 is 20.1 Å². The van der Waals surface area contributed by atoms with Gasteiger partial charge in [-0.1, -0.05) is 30.3 Å². The third-order valence-electron chi connectivity index (χ3n) is 4.69. The normalized spacial score (nSPS) is 24.6. The number of benzene rings is 1. The van der Waals surface area contributed by atoms with E-state index >= 15 is 0 Å². The van der Waals surface area contributed by atoms with Crippen LogP contribution in [-0.4, -0.2) is 52.8 Å². The highest BCUT2D eigenvalue weighted by Crippen LogP contribution is 2.18. The largest absolute Gasteiger partial charge is 0.481 e. The van der Waals surface area contributed by atoms with E-state index < -0.39 is 5.97 Å². The van der Waals surface area contributed by atoms with Gasteiger partial charge in [-0.2, -0.15) is 0 Å². The number of morpholine rings is 1. The molecule has 1 aromatic rings. The van der Waals surface area contributed by atoms with Crippen LogP contribution in [0.4, 0.5) is 4.79 Å². The maximum absolute atomic E-state index is 12.8. The first-order valence-corrected chi connectivity index (χ1v) is 8.85. The fraction of sp³-hybridized carbons (Fsp3) is 0.579. The van der Waals surface area contributed by atoms with Gasteiger partial charge in [-0.15, -0.1) is 0 Å². The average molecular weight is 348 g/mol. The Balaban J connectivity index is 2.03. The molecule has 2 N–H and O–H groups in total. The number of hydrogen-bond acceptors (Lipinski definition) is 3. The van der Waals surface area contributed by atoms with E-state index in [0.29, 0.717) is 19.4 Å². The van der Waals surface area contributed by atoms with Crippen molar-refractivity contribution in [3.05, 3.63) is 35.9 Å². The Morgan fingerprint density at radius 3 is 2.60 bits per heavy atom. The van der Waals surface area contributed by atoms with Crippen molar-refractivity contribution in [2.45, 2.75) is 64.3 Å². The van der Waals surface area contributed by atoms with E-state index in [2.05, 4.69) is 5.32 Å². The number of nitrogens with zero attached hydrogens (tertiary/aromatic N) is 1. The minimum Gasteiger partial charge on any atom is -0.481 e. The van der Waals surface area contributed by atoms with E-state index in [0.717, 1.165) is 5.56 Å². The summed E-state index contributed by atoms with van der Waals surface area (Å²) in [6.07, 6.45) is 1.01. The van der Waals surface area contributed by atoms with Crippen LogP contribution < -0.4 is 5.32 Å². The van der Waals surface area contributed by atoms with Gasteiger partial charge in [-0.05, 0) is 39.2 Å². The lowest BCUT2D eigenvalue weighted by atomic mass is 10.0. The predicted molar refractivity (Wildman–Crippen MR) is 95.5 cm³/mol. The van der Waals surface area contributed by atoms with Gasteiger partial charge in [0.1, 0.15) is 0 Å². The highest BCUT2D eigenvalue weighted by molar-refractivity contribution is 5.75. The fourth-order valence-corrected chi connectivity index (χ4v) is 3.17. The van der Waals surface area contributed by atoms with Crippen molar-refractivity contribution in [3.8, 4) is 0 Å². The number of carboxylic acid groups (broad SMARTS) is 1. The van der Waals surface area contributed by atoms with Gasteiger partial charge in [0.25, 0.3) is 0 Å². The average Bonchev–Trinajstić information content (AvgIpc) is 2.56. The molecule has 6 nitrogen and oxygen atoms in total. The molecule has 25 heavy (non-hydrogen) atoms. The van der Waals surface area contributed by atoms with Crippen LogP contribution in [0.2, 0.25) is 0 Å². The molecule has 0 saturated carbocycles. The summed E-state index contributed by atoms with van der Waals surface area (Å²) >= 11 is 0. The lowest BCUT2D eigenvalue weighted by Crippen LogP contribution is -2.58. The topological polar surface area (TPSA) is 78.9 Å². The highest BCUT2D eigenvalue weighted by atomic mass is 16.5. The zero-order valence-corrected chi connectivity index (χ0v) is 15.1. The van der Waals surface area contributed by atoms with Gasteiger partial charge in [0.2, 0.25) is 0 Å². The Bertz CT molecular complexity index is 578. The van der Waals surface area contributed by atoms with E-state index in [1.807, 2.05) is 51.1 Å². The quantitative estimate of drug-likeness (QED) is 0.828. The van der Waals surface area contributed by atoms with Gasteiger partial charge >= 0.3 is 12.0 Å². The second kappa shape index (κ2) is 8.85. The molecule has 0 spiro atoms. The summed E-state index contributed by atoms with van der Waals surface area (Å²) in [5.74, 6) is -0.853. The summed E-state index contributed by atoms with van der Waals surface area (Å²) in [6.45, 7) is 6.43. The molecule has 2 amide bonds. The molecule has 1 aliphatic heterocycles. The summed E-state index contributed by atoms with van der Waals surface area (Å²) in [7, 11) is 0. The summed E-state index contributed by atoms with van der Waals surface area (Å²) in [6, 6.07) is 9.41. The minimum absolute atomic E-state index is 0.0106. The number of carbonyl (C=O) groups excluding carboxylic acids is 1. The fourth-order valence-electron chi connectivity index (χ4n) is 3.17. The Morgan fingerprint density at radius 2 is 1.96 bits per heavy atom. The molecule has 0 radical (unpaired) electrons. The zero-order chi connectivity index (χ0) is 18.4. The highest BCUT2D eigenvalue weighted by Gasteiger charge is 2.33. The van der Waals surface area contributed by atoms with Crippen LogP contribution in [0.3, 0.4) is 0 Å². The summed E-state index contributed by atoms with van der Waals surface area (Å²) in [4.78, 5) is 25.5. The van der Waals surface area contributed by atoms with Gasteiger partial charge in [-0.25, -0.2) is 4.79 Å². The van der Waals surface area contributed by atoms with E-state index in [1.165, 1.54) is 0 Å².